The molecule has 2 heterocycles. The molecule has 0 aliphatic carbocycles. The number of hydrogen-bond acceptors (Lipinski definition) is 5. The van der Waals surface area contributed by atoms with Crippen LogP contribution >= 0.6 is 11.3 Å². The summed E-state index contributed by atoms with van der Waals surface area (Å²) in [5.74, 6) is 1.23. The molecule has 0 radical (unpaired) electrons. The van der Waals surface area contributed by atoms with E-state index in [9.17, 15) is 4.79 Å². The van der Waals surface area contributed by atoms with E-state index in [1.54, 1.807) is 19.5 Å². The number of thiophene rings is 1. The SMILES string of the molecule is COc1cc(CNC(=O)c2sc3ccccc3c2C)ccc1OCc1ccncc1. The first-order valence-corrected chi connectivity index (χ1v) is 10.4. The predicted molar refractivity (Wildman–Crippen MR) is 119 cm³/mol. The molecule has 0 aliphatic heterocycles. The van der Waals surface area contributed by atoms with Crippen LogP contribution < -0.4 is 14.8 Å². The monoisotopic (exact) mass is 418 g/mol. The number of benzene rings is 2. The zero-order valence-corrected chi connectivity index (χ0v) is 17.7. The van der Waals surface area contributed by atoms with E-state index in [0.29, 0.717) is 24.7 Å². The maximum atomic E-state index is 12.7. The molecule has 30 heavy (non-hydrogen) atoms. The highest BCUT2D eigenvalue weighted by Gasteiger charge is 2.15. The minimum absolute atomic E-state index is 0.0642. The maximum Gasteiger partial charge on any atom is 0.261 e. The summed E-state index contributed by atoms with van der Waals surface area (Å²) in [4.78, 5) is 17.5. The van der Waals surface area contributed by atoms with Gasteiger partial charge in [0.05, 0.1) is 12.0 Å². The Bertz CT molecular complexity index is 1170. The van der Waals surface area contributed by atoms with E-state index in [1.165, 1.54) is 11.3 Å². The van der Waals surface area contributed by atoms with Gasteiger partial charge in [-0.2, -0.15) is 0 Å². The number of pyridine rings is 1. The quantitative estimate of drug-likeness (QED) is 0.452. The Balaban J connectivity index is 1.42. The minimum atomic E-state index is -0.0642. The number of hydrogen-bond donors (Lipinski definition) is 1. The van der Waals surface area contributed by atoms with Gasteiger partial charge in [0.25, 0.3) is 5.91 Å². The summed E-state index contributed by atoms with van der Waals surface area (Å²) in [5.41, 5.74) is 2.99. The highest BCUT2D eigenvalue weighted by atomic mass is 32.1. The molecular formula is C24H22N2O3S. The maximum absolute atomic E-state index is 12.7. The Morgan fingerprint density at radius 1 is 1.03 bits per heavy atom. The van der Waals surface area contributed by atoms with E-state index in [1.807, 2.05) is 61.5 Å². The van der Waals surface area contributed by atoms with Gasteiger partial charge in [0.2, 0.25) is 0 Å². The lowest BCUT2D eigenvalue weighted by Crippen LogP contribution is -2.22. The van der Waals surface area contributed by atoms with Gasteiger partial charge >= 0.3 is 0 Å². The smallest absolute Gasteiger partial charge is 0.261 e. The fraction of sp³-hybridized carbons (Fsp3) is 0.167. The highest BCUT2D eigenvalue weighted by Crippen LogP contribution is 2.31. The molecule has 1 amide bonds. The predicted octanol–water partition coefficient (Wildman–Crippen LogP) is 5.12. The summed E-state index contributed by atoms with van der Waals surface area (Å²) in [6.45, 7) is 2.83. The number of methoxy groups -OCH3 is 1. The van der Waals surface area contributed by atoms with Crippen LogP contribution in [0.1, 0.15) is 26.4 Å². The fourth-order valence-electron chi connectivity index (χ4n) is 3.23. The highest BCUT2D eigenvalue weighted by molar-refractivity contribution is 7.21. The molecule has 6 heteroatoms. The zero-order chi connectivity index (χ0) is 20.9. The van der Waals surface area contributed by atoms with Gasteiger partial charge < -0.3 is 14.8 Å². The first-order chi connectivity index (χ1) is 14.7. The van der Waals surface area contributed by atoms with Gasteiger partial charge in [0, 0.05) is 23.6 Å². The van der Waals surface area contributed by atoms with Crippen LogP contribution in [0.25, 0.3) is 10.1 Å². The van der Waals surface area contributed by atoms with Crippen LogP contribution in [0, 0.1) is 6.92 Å². The largest absolute Gasteiger partial charge is 0.493 e. The van der Waals surface area contributed by atoms with Crippen molar-refractivity contribution in [2.75, 3.05) is 7.11 Å². The average Bonchev–Trinajstić information content (AvgIpc) is 3.13. The van der Waals surface area contributed by atoms with Crippen molar-refractivity contribution in [3.05, 3.63) is 88.6 Å². The summed E-state index contributed by atoms with van der Waals surface area (Å²) >= 11 is 1.52. The second-order valence-electron chi connectivity index (χ2n) is 6.86. The zero-order valence-electron chi connectivity index (χ0n) is 16.8. The van der Waals surface area contributed by atoms with Crippen molar-refractivity contribution in [1.29, 1.82) is 0 Å². The molecule has 0 spiro atoms. The van der Waals surface area contributed by atoms with Gasteiger partial charge in [-0.3, -0.25) is 9.78 Å². The van der Waals surface area contributed by atoms with Crippen molar-refractivity contribution >= 4 is 27.3 Å². The Labute approximate surface area is 179 Å². The molecule has 2 aromatic carbocycles. The normalized spacial score (nSPS) is 10.7. The summed E-state index contributed by atoms with van der Waals surface area (Å²) in [6, 6.07) is 17.6. The average molecular weight is 419 g/mol. The second-order valence-corrected chi connectivity index (χ2v) is 7.92. The van der Waals surface area contributed by atoms with Gasteiger partial charge in [-0.05, 0) is 59.3 Å². The van der Waals surface area contributed by atoms with Crippen molar-refractivity contribution in [3.8, 4) is 11.5 Å². The number of fused-ring (bicyclic) bond motifs is 1. The summed E-state index contributed by atoms with van der Waals surface area (Å²) in [6.07, 6.45) is 3.47. The molecule has 0 unspecified atom stereocenters. The summed E-state index contributed by atoms with van der Waals surface area (Å²) in [7, 11) is 1.61. The third-order valence-electron chi connectivity index (χ3n) is 4.87. The number of carbonyl (C=O) groups is 1. The number of amides is 1. The van der Waals surface area contributed by atoms with Gasteiger partial charge in [0.15, 0.2) is 11.5 Å². The number of nitrogens with one attached hydrogen (secondary N) is 1. The van der Waals surface area contributed by atoms with Crippen LogP contribution in [0.5, 0.6) is 11.5 Å². The van der Waals surface area contributed by atoms with Gasteiger partial charge in [0.1, 0.15) is 6.61 Å². The molecule has 4 aromatic rings. The van der Waals surface area contributed by atoms with E-state index in [-0.39, 0.29) is 5.91 Å². The van der Waals surface area contributed by atoms with Gasteiger partial charge in [-0.1, -0.05) is 24.3 Å². The van der Waals surface area contributed by atoms with E-state index in [0.717, 1.165) is 31.7 Å². The van der Waals surface area contributed by atoms with E-state index in [4.69, 9.17) is 9.47 Å². The fourth-order valence-corrected chi connectivity index (χ4v) is 4.36. The molecule has 0 bridgehead atoms. The van der Waals surface area contributed by atoms with Crippen LogP contribution in [-0.2, 0) is 13.2 Å². The summed E-state index contributed by atoms with van der Waals surface area (Å²) in [5, 5.41) is 4.14. The molecule has 0 atom stereocenters. The molecule has 0 saturated carbocycles. The number of nitrogens with zero attached hydrogens (tertiary/aromatic N) is 1. The molecular weight excluding hydrogens is 396 g/mol. The Kier molecular flexibility index (Phi) is 5.95. The van der Waals surface area contributed by atoms with Crippen LogP contribution in [0.4, 0.5) is 0 Å². The number of carbonyl (C=O) groups excluding carboxylic acids is 1. The van der Waals surface area contributed by atoms with E-state index < -0.39 is 0 Å². The van der Waals surface area contributed by atoms with Crippen LogP contribution in [0.3, 0.4) is 0 Å². The number of aromatic nitrogens is 1. The van der Waals surface area contributed by atoms with E-state index >= 15 is 0 Å². The Hall–Kier alpha value is -3.38. The van der Waals surface area contributed by atoms with E-state index in [2.05, 4.69) is 10.3 Å². The Morgan fingerprint density at radius 3 is 2.60 bits per heavy atom. The third kappa shape index (κ3) is 4.28. The van der Waals surface area contributed by atoms with Crippen molar-refractivity contribution < 1.29 is 14.3 Å². The van der Waals surface area contributed by atoms with Gasteiger partial charge in [-0.15, -0.1) is 11.3 Å². The molecule has 152 valence electrons. The lowest BCUT2D eigenvalue weighted by Gasteiger charge is -2.13. The molecule has 2 aromatic heterocycles. The molecule has 1 N–H and O–H groups in total. The molecule has 4 rings (SSSR count). The van der Waals surface area contributed by atoms with Crippen molar-refractivity contribution in [3.63, 3.8) is 0 Å². The molecule has 0 fully saturated rings. The van der Waals surface area contributed by atoms with Crippen molar-refractivity contribution in [2.24, 2.45) is 0 Å². The topological polar surface area (TPSA) is 60.5 Å². The molecule has 0 saturated heterocycles. The number of aryl methyl sites for hydroxylation is 1. The van der Waals surface area contributed by atoms with Crippen LogP contribution in [-0.4, -0.2) is 18.0 Å². The summed E-state index contributed by atoms with van der Waals surface area (Å²) < 4.78 is 12.5. The second kappa shape index (κ2) is 8.97. The Morgan fingerprint density at radius 2 is 1.83 bits per heavy atom. The first-order valence-electron chi connectivity index (χ1n) is 9.60. The number of ether oxygens (including phenoxy) is 2. The standard InChI is InChI=1S/C24H22N2O3S/c1-16-19-5-3-4-6-22(19)30-23(16)24(27)26-14-18-7-8-20(21(13-18)28-2)29-15-17-9-11-25-12-10-17/h3-13H,14-15H2,1-2H3,(H,26,27). The lowest BCUT2D eigenvalue weighted by molar-refractivity contribution is 0.0954. The van der Waals surface area contributed by atoms with Crippen LogP contribution in [0.2, 0.25) is 0 Å². The molecule has 0 aliphatic rings. The first kappa shape index (κ1) is 19.9. The van der Waals surface area contributed by atoms with Crippen molar-refractivity contribution in [1.82, 2.24) is 10.3 Å². The van der Waals surface area contributed by atoms with Crippen LogP contribution in [0.15, 0.2) is 67.0 Å². The third-order valence-corrected chi connectivity index (χ3v) is 6.15. The minimum Gasteiger partial charge on any atom is -0.493 e. The van der Waals surface area contributed by atoms with Crippen molar-refractivity contribution in [2.45, 2.75) is 20.1 Å². The number of rotatable bonds is 7. The molecule has 5 nitrogen and oxygen atoms in total. The van der Waals surface area contributed by atoms with Gasteiger partial charge in [-0.25, -0.2) is 0 Å². The lowest BCUT2D eigenvalue weighted by atomic mass is 10.1.